The van der Waals surface area contributed by atoms with Gasteiger partial charge in [-0.25, -0.2) is 9.18 Å². The minimum atomic E-state index is -0.323. The quantitative estimate of drug-likeness (QED) is 0.819. The van der Waals surface area contributed by atoms with Crippen molar-refractivity contribution in [2.24, 2.45) is 0 Å². The van der Waals surface area contributed by atoms with Crippen molar-refractivity contribution in [2.45, 2.75) is 12.6 Å². The van der Waals surface area contributed by atoms with Crippen molar-refractivity contribution in [3.63, 3.8) is 0 Å². The summed E-state index contributed by atoms with van der Waals surface area (Å²) in [6, 6.07) is 13.1. The van der Waals surface area contributed by atoms with Crippen LogP contribution in [0, 0.1) is 5.82 Å². The third-order valence-electron chi connectivity index (χ3n) is 3.58. The van der Waals surface area contributed by atoms with E-state index in [0.29, 0.717) is 18.8 Å². The number of hydrogen-bond donors (Lipinski definition) is 2. The van der Waals surface area contributed by atoms with Crippen LogP contribution in [0.25, 0.3) is 0 Å². The molecule has 2 aromatic carbocycles. The van der Waals surface area contributed by atoms with Crippen LogP contribution in [-0.4, -0.2) is 26.8 Å². The monoisotopic (exact) mass is 332 g/mol. The Bertz CT molecular complexity index is 662. The van der Waals surface area contributed by atoms with Crippen LogP contribution >= 0.6 is 0 Å². The van der Waals surface area contributed by atoms with Crippen LogP contribution in [0.5, 0.6) is 5.75 Å². The lowest BCUT2D eigenvalue weighted by atomic mass is 10.1. The Morgan fingerprint density at radius 3 is 2.46 bits per heavy atom. The Morgan fingerprint density at radius 1 is 1.08 bits per heavy atom. The van der Waals surface area contributed by atoms with Gasteiger partial charge >= 0.3 is 6.03 Å². The van der Waals surface area contributed by atoms with E-state index in [-0.39, 0.29) is 18.0 Å². The summed E-state index contributed by atoms with van der Waals surface area (Å²) in [7, 11) is 3.17. The maximum atomic E-state index is 12.8. The second-order valence-electron chi connectivity index (χ2n) is 5.16. The minimum absolute atomic E-state index is 0.298. The molecule has 0 bridgehead atoms. The highest BCUT2D eigenvalue weighted by Crippen LogP contribution is 2.26. The van der Waals surface area contributed by atoms with Crippen LogP contribution in [0.2, 0.25) is 0 Å². The first-order chi connectivity index (χ1) is 11.6. The largest absolute Gasteiger partial charge is 0.496 e. The molecule has 2 N–H and O–H groups in total. The minimum Gasteiger partial charge on any atom is -0.496 e. The fraction of sp³-hybridized carbons (Fsp3) is 0.278. The van der Waals surface area contributed by atoms with Gasteiger partial charge < -0.3 is 20.1 Å². The Kier molecular flexibility index (Phi) is 6.57. The number of carbonyl (C=O) groups is 1. The highest BCUT2D eigenvalue weighted by Gasteiger charge is 2.16. The molecule has 2 aromatic rings. The normalized spacial score (nSPS) is 11.6. The molecule has 2 rings (SSSR count). The van der Waals surface area contributed by atoms with Gasteiger partial charge in [0.1, 0.15) is 17.7 Å². The predicted molar refractivity (Wildman–Crippen MR) is 89.4 cm³/mol. The van der Waals surface area contributed by atoms with Crippen molar-refractivity contribution in [3.05, 3.63) is 65.5 Å². The number of amides is 2. The van der Waals surface area contributed by atoms with Gasteiger partial charge in [-0.3, -0.25) is 0 Å². The van der Waals surface area contributed by atoms with E-state index >= 15 is 0 Å². The van der Waals surface area contributed by atoms with Crippen LogP contribution < -0.4 is 15.4 Å². The summed E-state index contributed by atoms with van der Waals surface area (Å²) < 4.78 is 23.6. The molecule has 0 aliphatic heterocycles. The fourth-order valence-corrected chi connectivity index (χ4v) is 2.29. The third kappa shape index (κ3) is 4.96. The molecule has 0 spiro atoms. The summed E-state index contributed by atoms with van der Waals surface area (Å²) in [5, 5.41) is 5.48. The lowest BCUT2D eigenvalue weighted by Crippen LogP contribution is -2.37. The van der Waals surface area contributed by atoms with E-state index in [9.17, 15) is 9.18 Å². The maximum Gasteiger partial charge on any atom is 0.315 e. The van der Waals surface area contributed by atoms with Gasteiger partial charge in [-0.15, -0.1) is 0 Å². The molecule has 5 nitrogen and oxygen atoms in total. The summed E-state index contributed by atoms with van der Waals surface area (Å²) in [5.41, 5.74) is 1.68. The zero-order chi connectivity index (χ0) is 17.4. The average Bonchev–Trinajstić information content (AvgIpc) is 2.62. The number of urea groups is 1. The van der Waals surface area contributed by atoms with Gasteiger partial charge in [0.25, 0.3) is 0 Å². The summed E-state index contributed by atoms with van der Waals surface area (Å²) in [6.07, 6.45) is -0.322. The van der Waals surface area contributed by atoms with Gasteiger partial charge in [0.05, 0.1) is 7.11 Å². The molecule has 0 aliphatic rings. The number of carbonyl (C=O) groups excluding carboxylic acids is 1. The van der Waals surface area contributed by atoms with E-state index < -0.39 is 0 Å². The second-order valence-corrected chi connectivity index (χ2v) is 5.16. The van der Waals surface area contributed by atoms with Gasteiger partial charge in [-0.2, -0.15) is 0 Å². The number of benzene rings is 2. The van der Waals surface area contributed by atoms with Crippen LogP contribution in [0.3, 0.4) is 0 Å². The molecule has 1 atom stereocenters. The fourth-order valence-electron chi connectivity index (χ4n) is 2.29. The molecule has 0 aliphatic carbocycles. The first kappa shape index (κ1) is 17.7. The maximum absolute atomic E-state index is 12.8. The molecule has 0 fully saturated rings. The Balaban J connectivity index is 1.86. The predicted octanol–water partition coefficient (Wildman–Crippen LogP) is 3.02. The van der Waals surface area contributed by atoms with Gasteiger partial charge in [0.15, 0.2) is 0 Å². The molecular weight excluding hydrogens is 311 g/mol. The number of methoxy groups -OCH3 is 2. The van der Waals surface area contributed by atoms with Gasteiger partial charge in [-0.1, -0.05) is 30.3 Å². The van der Waals surface area contributed by atoms with Crippen molar-refractivity contribution in [3.8, 4) is 5.75 Å². The van der Waals surface area contributed by atoms with E-state index in [1.165, 1.54) is 12.1 Å². The molecular formula is C18H21FN2O3. The first-order valence-corrected chi connectivity index (χ1v) is 7.56. The molecule has 0 radical (unpaired) electrons. The molecule has 0 saturated carbocycles. The summed E-state index contributed by atoms with van der Waals surface area (Å²) in [4.78, 5) is 11.9. The van der Waals surface area contributed by atoms with Crippen LogP contribution in [0.1, 0.15) is 17.2 Å². The molecule has 0 unspecified atom stereocenters. The summed E-state index contributed by atoms with van der Waals surface area (Å²) in [5.74, 6) is 0.404. The lowest BCUT2D eigenvalue weighted by Gasteiger charge is -2.19. The number of ether oxygens (including phenoxy) is 2. The first-order valence-electron chi connectivity index (χ1n) is 7.56. The molecule has 0 saturated heterocycles. The molecule has 0 aromatic heterocycles. The molecule has 2 amide bonds. The number of para-hydroxylation sites is 1. The number of hydrogen-bond acceptors (Lipinski definition) is 3. The number of halogens is 1. The van der Waals surface area contributed by atoms with Gasteiger partial charge in [0, 0.05) is 25.8 Å². The lowest BCUT2D eigenvalue weighted by molar-refractivity contribution is 0.101. The van der Waals surface area contributed by atoms with E-state index in [1.807, 2.05) is 24.3 Å². The Labute approximate surface area is 140 Å². The van der Waals surface area contributed by atoms with Crippen LogP contribution in [0.15, 0.2) is 48.5 Å². The van der Waals surface area contributed by atoms with Crippen LogP contribution in [-0.2, 0) is 11.3 Å². The third-order valence-corrected chi connectivity index (χ3v) is 3.58. The Hall–Kier alpha value is -2.60. The second kappa shape index (κ2) is 8.88. The van der Waals surface area contributed by atoms with Crippen molar-refractivity contribution in [1.29, 1.82) is 0 Å². The van der Waals surface area contributed by atoms with Gasteiger partial charge in [-0.05, 0) is 23.8 Å². The van der Waals surface area contributed by atoms with Crippen LogP contribution in [0.4, 0.5) is 9.18 Å². The number of nitrogens with one attached hydrogen (secondary N) is 2. The topological polar surface area (TPSA) is 59.6 Å². The zero-order valence-corrected chi connectivity index (χ0v) is 13.7. The van der Waals surface area contributed by atoms with Gasteiger partial charge in [0.2, 0.25) is 0 Å². The standard InChI is InChI=1S/C18H21FN2O3/c1-23-16-6-4-3-5-15(16)17(24-2)12-21-18(22)20-11-13-7-9-14(19)10-8-13/h3-10,17H,11-12H2,1-2H3,(H2,20,21,22)/t17-/m0/s1. The van der Waals surface area contributed by atoms with Crippen molar-refractivity contribution in [2.75, 3.05) is 20.8 Å². The molecule has 24 heavy (non-hydrogen) atoms. The SMILES string of the molecule is COc1ccccc1[C@H](CNC(=O)NCc1ccc(F)cc1)OC. The van der Waals surface area contributed by atoms with E-state index in [2.05, 4.69) is 10.6 Å². The van der Waals surface area contributed by atoms with E-state index in [1.54, 1.807) is 26.4 Å². The van der Waals surface area contributed by atoms with E-state index in [4.69, 9.17) is 9.47 Å². The Morgan fingerprint density at radius 2 is 1.79 bits per heavy atom. The summed E-state index contributed by atoms with van der Waals surface area (Å²) in [6.45, 7) is 0.616. The van der Waals surface area contributed by atoms with Crippen molar-refractivity contribution < 1.29 is 18.7 Å². The molecule has 128 valence electrons. The zero-order valence-electron chi connectivity index (χ0n) is 13.7. The van der Waals surface area contributed by atoms with Crippen molar-refractivity contribution >= 4 is 6.03 Å². The average molecular weight is 332 g/mol. The molecule has 0 heterocycles. The smallest absolute Gasteiger partial charge is 0.315 e. The molecule has 6 heteroatoms. The number of rotatable bonds is 7. The highest BCUT2D eigenvalue weighted by molar-refractivity contribution is 5.73. The van der Waals surface area contributed by atoms with E-state index in [0.717, 1.165) is 11.1 Å². The summed E-state index contributed by atoms with van der Waals surface area (Å²) >= 11 is 0. The van der Waals surface area contributed by atoms with Crippen molar-refractivity contribution in [1.82, 2.24) is 10.6 Å². The highest BCUT2D eigenvalue weighted by atomic mass is 19.1.